The standard InChI is InChI=1S/C22H30N8O2/c1-4-23-22(25-17-5-10-21-26-20(15-31-2)28-30(21)14-17)24-13-16-11-12-29(27-16)18-6-8-19(32-3)9-7-18/h6-9,11-12,17H,4-5,10,13-15H2,1-3H3,(H2,23,24,25). The molecule has 10 nitrogen and oxygen atoms in total. The lowest BCUT2D eigenvalue weighted by Gasteiger charge is -2.25. The van der Waals surface area contributed by atoms with E-state index in [-0.39, 0.29) is 6.04 Å². The molecule has 0 amide bonds. The first-order chi connectivity index (χ1) is 15.7. The van der Waals surface area contributed by atoms with E-state index in [0.717, 1.165) is 60.7 Å². The van der Waals surface area contributed by atoms with Crippen LogP contribution in [-0.2, 0) is 30.9 Å². The second-order valence-corrected chi connectivity index (χ2v) is 7.58. The molecule has 10 heteroatoms. The Balaban J connectivity index is 1.38. The van der Waals surface area contributed by atoms with E-state index in [9.17, 15) is 0 Å². The summed E-state index contributed by atoms with van der Waals surface area (Å²) in [4.78, 5) is 9.28. The summed E-state index contributed by atoms with van der Waals surface area (Å²) in [7, 11) is 3.31. The zero-order chi connectivity index (χ0) is 22.3. The normalized spacial score (nSPS) is 16.0. The van der Waals surface area contributed by atoms with E-state index in [1.807, 2.05) is 45.9 Å². The molecule has 0 bridgehead atoms. The van der Waals surface area contributed by atoms with Crippen molar-refractivity contribution in [3.63, 3.8) is 0 Å². The van der Waals surface area contributed by atoms with Crippen molar-refractivity contribution in [2.45, 2.75) is 45.5 Å². The number of methoxy groups -OCH3 is 2. The van der Waals surface area contributed by atoms with Crippen LogP contribution in [0, 0.1) is 0 Å². The van der Waals surface area contributed by atoms with Gasteiger partial charge in [0.2, 0.25) is 0 Å². The van der Waals surface area contributed by atoms with Crippen LogP contribution < -0.4 is 15.4 Å². The molecule has 0 fully saturated rings. The number of fused-ring (bicyclic) bond motifs is 1. The zero-order valence-corrected chi connectivity index (χ0v) is 18.8. The van der Waals surface area contributed by atoms with Gasteiger partial charge in [-0.1, -0.05) is 0 Å². The molecule has 1 aromatic carbocycles. The van der Waals surface area contributed by atoms with E-state index < -0.39 is 0 Å². The maximum atomic E-state index is 5.22. The quantitative estimate of drug-likeness (QED) is 0.407. The van der Waals surface area contributed by atoms with E-state index in [1.54, 1.807) is 14.2 Å². The SMILES string of the molecule is CCNC(=NCc1ccn(-c2ccc(OC)cc2)n1)NC1CCc2nc(COC)nn2C1. The smallest absolute Gasteiger partial charge is 0.191 e. The van der Waals surface area contributed by atoms with Crippen LogP contribution in [0.25, 0.3) is 5.69 Å². The van der Waals surface area contributed by atoms with Gasteiger partial charge in [0, 0.05) is 32.3 Å². The van der Waals surface area contributed by atoms with Crippen LogP contribution in [0.1, 0.15) is 30.7 Å². The van der Waals surface area contributed by atoms with Gasteiger partial charge in [0.05, 0.1) is 31.6 Å². The lowest BCUT2D eigenvalue weighted by molar-refractivity contribution is 0.177. The number of guanidine groups is 1. The number of hydrogen-bond donors (Lipinski definition) is 2. The Labute approximate surface area is 187 Å². The first-order valence-electron chi connectivity index (χ1n) is 10.8. The van der Waals surface area contributed by atoms with Crippen LogP contribution in [0.5, 0.6) is 5.75 Å². The Morgan fingerprint density at radius 2 is 2.03 bits per heavy atom. The van der Waals surface area contributed by atoms with Crippen molar-refractivity contribution in [1.29, 1.82) is 0 Å². The van der Waals surface area contributed by atoms with Crippen LogP contribution in [-0.4, -0.2) is 57.3 Å². The summed E-state index contributed by atoms with van der Waals surface area (Å²) < 4.78 is 14.2. The van der Waals surface area contributed by atoms with Gasteiger partial charge in [-0.05, 0) is 43.7 Å². The summed E-state index contributed by atoms with van der Waals surface area (Å²) in [5.41, 5.74) is 1.87. The van der Waals surface area contributed by atoms with Gasteiger partial charge in [-0.2, -0.15) is 10.2 Å². The topological polar surface area (TPSA) is 103 Å². The number of hydrogen-bond acceptors (Lipinski definition) is 6. The van der Waals surface area contributed by atoms with Crippen LogP contribution in [0.4, 0.5) is 0 Å². The van der Waals surface area contributed by atoms with E-state index in [0.29, 0.717) is 13.2 Å². The molecule has 0 saturated heterocycles. The first-order valence-corrected chi connectivity index (χ1v) is 10.8. The number of aromatic nitrogens is 5. The molecular formula is C22H30N8O2. The van der Waals surface area contributed by atoms with Crippen molar-refractivity contribution < 1.29 is 9.47 Å². The zero-order valence-electron chi connectivity index (χ0n) is 18.8. The Hall–Kier alpha value is -3.40. The highest BCUT2D eigenvalue weighted by molar-refractivity contribution is 5.80. The molecule has 4 rings (SSSR count). The summed E-state index contributed by atoms with van der Waals surface area (Å²) in [5, 5.41) is 16.0. The number of benzene rings is 1. The molecule has 1 aliphatic heterocycles. The molecule has 0 radical (unpaired) electrons. The van der Waals surface area contributed by atoms with Crippen LogP contribution in [0.15, 0.2) is 41.5 Å². The highest BCUT2D eigenvalue weighted by atomic mass is 16.5. The fraction of sp³-hybridized carbons (Fsp3) is 0.455. The lowest BCUT2D eigenvalue weighted by atomic mass is 10.1. The largest absolute Gasteiger partial charge is 0.497 e. The molecule has 1 aliphatic rings. The number of aliphatic imine (C=N–C) groups is 1. The maximum absolute atomic E-state index is 5.22. The lowest BCUT2D eigenvalue weighted by Crippen LogP contribution is -2.47. The Bertz CT molecular complexity index is 1040. The van der Waals surface area contributed by atoms with Crippen molar-refractivity contribution in [1.82, 2.24) is 35.2 Å². The van der Waals surface area contributed by atoms with Gasteiger partial charge < -0.3 is 20.1 Å². The highest BCUT2D eigenvalue weighted by Gasteiger charge is 2.22. The van der Waals surface area contributed by atoms with Crippen LogP contribution in [0.3, 0.4) is 0 Å². The van der Waals surface area contributed by atoms with Gasteiger partial charge in [0.25, 0.3) is 0 Å². The predicted octanol–water partition coefficient (Wildman–Crippen LogP) is 1.69. The molecule has 32 heavy (non-hydrogen) atoms. The molecule has 1 unspecified atom stereocenters. The molecule has 2 N–H and O–H groups in total. The van der Waals surface area contributed by atoms with E-state index in [1.165, 1.54) is 0 Å². The molecule has 3 heterocycles. The van der Waals surface area contributed by atoms with E-state index >= 15 is 0 Å². The van der Waals surface area contributed by atoms with Crippen LogP contribution >= 0.6 is 0 Å². The van der Waals surface area contributed by atoms with Crippen molar-refractivity contribution in [3.8, 4) is 11.4 Å². The molecule has 0 spiro atoms. The Morgan fingerprint density at radius 3 is 2.78 bits per heavy atom. The van der Waals surface area contributed by atoms with Gasteiger partial charge in [-0.3, -0.25) is 0 Å². The minimum Gasteiger partial charge on any atom is -0.497 e. The summed E-state index contributed by atoms with van der Waals surface area (Å²) in [5.74, 6) is 3.34. The number of nitrogens with one attached hydrogen (secondary N) is 2. The van der Waals surface area contributed by atoms with Crippen LogP contribution in [0.2, 0.25) is 0 Å². The summed E-state index contributed by atoms with van der Waals surface area (Å²) >= 11 is 0. The maximum Gasteiger partial charge on any atom is 0.191 e. The fourth-order valence-electron chi connectivity index (χ4n) is 3.67. The number of aryl methyl sites for hydroxylation is 1. The van der Waals surface area contributed by atoms with Gasteiger partial charge in [-0.25, -0.2) is 19.3 Å². The van der Waals surface area contributed by atoms with Crippen molar-refractivity contribution in [2.75, 3.05) is 20.8 Å². The molecule has 3 aromatic rings. The average Bonchev–Trinajstić information content (AvgIpc) is 3.44. The van der Waals surface area contributed by atoms with Gasteiger partial charge in [-0.15, -0.1) is 0 Å². The van der Waals surface area contributed by atoms with E-state index in [2.05, 4.69) is 32.7 Å². The third kappa shape index (κ3) is 5.25. The molecular weight excluding hydrogens is 408 g/mol. The average molecular weight is 439 g/mol. The molecule has 1 atom stereocenters. The van der Waals surface area contributed by atoms with Crippen molar-refractivity contribution in [3.05, 3.63) is 53.9 Å². The summed E-state index contributed by atoms with van der Waals surface area (Å²) in [6.07, 6.45) is 3.79. The second kappa shape index (κ2) is 10.3. The second-order valence-electron chi connectivity index (χ2n) is 7.58. The highest BCUT2D eigenvalue weighted by Crippen LogP contribution is 2.15. The number of rotatable bonds is 8. The third-order valence-electron chi connectivity index (χ3n) is 5.24. The van der Waals surface area contributed by atoms with Gasteiger partial charge in [0.15, 0.2) is 11.8 Å². The Morgan fingerprint density at radius 1 is 1.19 bits per heavy atom. The monoisotopic (exact) mass is 438 g/mol. The summed E-state index contributed by atoms with van der Waals surface area (Å²) in [6, 6.07) is 10.0. The molecule has 2 aromatic heterocycles. The van der Waals surface area contributed by atoms with Crippen molar-refractivity contribution in [2.24, 2.45) is 4.99 Å². The number of ether oxygens (including phenoxy) is 2. The third-order valence-corrected chi connectivity index (χ3v) is 5.24. The molecule has 170 valence electrons. The molecule has 0 saturated carbocycles. The summed E-state index contributed by atoms with van der Waals surface area (Å²) in [6.45, 7) is 4.51. The minimum absolute atomic E-state index is 0.231. The first kappa shape index (κ1) is 21.8. The number of nitrogens with zero attached hydrogens (tertiary/aromatic N) is 6. The van der Waals surface area contributed by atoms with Crippen molar-refractivity contribution >= 4 is 5.96 Å². The molecule has 0 aliphatic carbocycles. The van der Waals surface area contributed by atoms with Gasteiger partial charge >= 0.3 is 0 Å². The minimum atomic E-state index is 0.231. The predicted molar refractivity (Wildman–Crippen MR) is 121 cm³/mol. The Kier molecular flexibility index (Phi) is 7.00. The van der Waals surface area contributed by atoms with E-state index in [4.69, 9.17) is 14.5 Å². The fourth-order valence-corrected chi connectivity index (χ4v) is 3.67. The van der Waals surface area contributed by atoms with Gasteiger partial charge in [0.1, 0.15) is 18.2 Å².